The van der Waals surface area contributed by atoms with Crippen molar-refractivity contribution in [3.05, 3.63) is 57.0 Å². The van der Waals surface area contributed by atoms with Crippen LogP contribution in [0.4, 0.5) is 5.69 Å². The van der Waals surface area contributed by atoms with Crippen molar-refractivity contribution in [3.8, 4) is 5.75 Å². The van der Waals surface area contributed by atoms with Gasteiger partial charge in [-0.2, -0.15) is 0 Å². The van der Waals surface area contributed by atoms with E-state index in [1.54, 1.807) is 18.2 Å². The van der Waals surface area contributed by atoms with Crippen molar-refractivity contribution in [1.29, 1.82) is 0 Å². The molecule has 0 aliphatic carbocycles. The lowest BCUT2D eigenvalue weighted by molar-refractivity contribution is 0.102. The molecule has 98 valence electrons. The Balaban J connectivity index is 2.28. The maximum atomic E-state index is 12.2. The molecule has 0 unspecified atom stereocenters. The zero-order valence-corrected chi connectivity index (χ0v) is 13.3. The van der Waals surface area contributed by atoms with Gasteiger partial charge in [0.05, 0.1) is 18.4 Å². The molecule has 19 heavy (non-hydrogen) atoms. The summed E-state index contributed by atoms with van der Waals surface area (Å²) in [4.78, 5) is 12.2. The highest BCUT2D eigenvalue weighted by Crippen LogP contribution is 2.26. The molecule has 0 saturated heterocycles. The maximum absolute atomic E-state index is 12.2. The highest BCUT2D eigenvalue weighted by Gasteiger charge is 2.13. The van der Waals surface area contributed by atoms with E-state index < -0.39 is 0 Å². The Morgan fingerprint density at radius 1 is 1.16 bits per heavy atom. The van der Waals surface area contributed by atoms with Crippen molar-refractivity contribution in [2.45, 2.75) is 0 Å². The van der Waals surface area contributed by atoms with Crippen molar-refractivity contribution in [3.63, 3.8) is 0 Å². The predicted molar refractivity (Wildman–Crippen MR) is 82.8 cm³/mol. The van der Waals surface area contributed by atoms with Crippen molar-refractivity contribution >= 4 is 43.5 Å². The molecule has 1 amide bonds. The normalized spacial score (nSPS) is 10.1. The minimum absolute atomic E-state index is 0.212. The summed E-state index contributed by atoms with van der Waals surface area (Å²) >= 11 is 6.74. The fourth-order valence-corrected chi connectivity index (χ4v) is 2.33. The monoisotopic (exact) mass is 383 g/mol. The van der Waals surface area contributed by atoms with Crippen molar-refractivity contribution in [2.24, 2.45) is 0 Å². The van der Waals surface area contributed by atoms with E-state index in [0.29, 0.717) is 11.3 Å². The van der Waals surface area contributed by atoms with Crippen LogP contribution in [0.3, 0.4) is 0 Å². The van der Waals surface area contributed by atoms with Gasteiger partial charge >= 0.3 is 0 Å². The zero-order valence-electron chi connectivity index (χ0n) is 10.1. The molecule has 0 aliphatic heterocycles. The summed E-state index contributed by atoms with van der Waals surface area (Å²) in [5, 5.41) is 2.84. The summed E-state index contributed by atoms with van der Waals surface area (Å²) in [7, 11) is 1.54. The van der Waals surface area contributed by atoms with Crippen LogP contribution in [0.15, 0.2) is 51.4 Å². The van der Waals surface area contributed by atoms with Gasteiger partial charge in [0.1, 0.15) is 5.75 Å². The number of amides is 1. The van der Waals surface area contributed by atoms with Crippen LogP contribution in [-0.2, 0) is 0 Å². The van der Waals surface area contributed by atoms with Crippen LogP contribution in [0, 0.1) is 0 Å². The third kappa shape index (κ3) is 3.36. The van der Waals surface area contributed by atoms with Crippen LogP contribution in [0.2, 0.25) is 0 Å². The molecule has 0 bridgehead atoms. The number of hydrogen-bond acceptors (Lipinski definition) is 2. The summed E-state index contributed by atoms with van der Waals surface area (Å²) in [6.45, 7) is 0. The number of benzene rings is 2. The van der Waals surface area contributed by atoms with E-state index in [-0.39, 0.29) is 5.91 Å². The van der Waals surface area contributed by atoms with E-state index in [1.807, 2.05) is 24.3 Å². The molecule has 3 nitrogen and oxygen atoms in total. The highest BCUT2D eigenvalue weighted by molar-refractivity contribution is 9.10. The molecule has 0 radical (unpaired) electrons. The van der Waals surface area contributed by atoms with Crippen LogP contribution >= 0.6 is 31.9 Å². The van der Waals surface area contributed by atoms with E-state index in [1.165, 1.54) is 7.11 Å². The number of carbonyl (C=O) groups excluding carboxylic acids is 1. The molecule has 0 aromatic heterocycles. The van der Waals surface area contributed by atoms with Crippen molar-refractivity contribution in [2.75, 3.05) is 12.4 Å². The van der Waals surface area contributed by atoms with Gasteiger partial charge in [0.2, 0.25) is 0 Å². The Kier molecular flexibility index (Phi) is 4.61. The Morgan fingerprint density at radius 3 is 2.58 bits per heavy atom. The van der Waals surface area contributed by atoms with Gasteiger partial charge in [-0.05, 0) is 46.3 Å². The number of halogens is 2. The molecule has 0 saturated carbocycles. The largest absolute Gasteiger partial charge is 0.496 e. The van der Waals surface area contributed by atoms with E-state index in [2.05, 4.69) is 37.2 Å². The topological polar surface area (TPSA) is 38.3 Å². The molecular weight excluding hydrogens is 374 g/mol. The number of nitrogens with one attached hydrogen (secondary N) is 1. The lowest BCUT2D eigenvalue weighted by Gasteiger charge is -2.10. The summed E-state index contributed by atoms with van der Waals surface area (Å²) in [5.74, 6) is 0.315. The maximum Gasteiger partial charge on any atom is 0.259 e. The highest BCUT2D eigenvalue weighted by atomic mass is 79.9. The van der Waals surface area contributed by atoms with Gasteiger partial charge in [-0.1, -0.05) is 28.1 Å². The minimum atomic E-state index is -0.212. The Labute approximate surface area is 128 Å². The Hall–Kier alpha value is -1.33. The average Bonchev–Trinajstić information content (AvgIpc) is 2.41. The van der Waals surface area contributed by atoms with E-state index in [4.69, 9.17) is 4.74 Å². The molecule has 0 fully saturated rings. The van der Waals surface area contributed by atoms with Crippen molar-refractivity contribution in [1.82, 2.24) is 0 Å². The second kappa shape index (κ2) is 6.21. The molecule has 0 atom stereocenters. The van der Waals surface area contributed by atoms with E-state index in [9.17, 15) is 4.79 Å². The molecule has 2 aromatic carbocycles. The van der Waals surface area contributed by atoms with Crippen LogP contribution in [0.1, 0.15) is 10.4 Å². The molecule has 2 aromatic rings. The number of carbonyl (C=O) groups is 1. The molecular formula is C14H11Br2NO2. The van der Waals surface area contributed by atoms with Crippen LogP contribution < -0.4 is 10.1 Å². The van der Waals surface area contributed by atoms with Gasteiger partial charge < -0.3 is 10.1 Å². The number of hydrogen-bond donors (Lipinski definition) is 1. The lowest BCUT2D eigenvalue weighted by Crippen LogP contribution is -2.13. The van der Waals surface area contributed by atoms with Crippen LogP contribution in [0.5, 0.6) is 5.75 Å². The first-order valence-electron chi connectivity index (χ1n) is 5.51. The van der Waals surface area contributed by atoms with Gasteiger partial charge in [0.25, 0.3) is 5.91 Å². The third-order valence-electron chi connectivity index (χ3n) is 2.53. The SMILES string of the molecule is COc1cc(Br)ccc1C(=O)Nc1ccccc1Br. The molecule has 0 heterocycles. The quantitative estimate of drug-likeness (QED) is 0.847. The van der Waals surface area contributed by atoms with Crippen LogP contribution in [-0.4, -0.2) is 13.0 Å². The molecule has 2 rings (SSSR count). The Bertz CT molecular complexity index is 614. The number of para-hydroxylation sites is 1. The number of methoxy groups -OCH3 is 1. The number of ether oxygens (including phenoxy) is 1. The third-order valence-corrected chi connectivity index (χ3v) is 3.72. The molecule has 0 aliphatic rings. The minimum Gasteiger partial charge on any atom is -0.496 e. The second-order valence-corrected chi connectivity index (χ2v) is 5.55. The number of rotatable bonds is 3. The van der Waals surface area contributed by atoms with Gasteiger partial charge in [-0.25, -0.2) is 0 Å². The summed E-state index contributed by atoms with van der Waals surface area (Å²) in [6, 6.07) is 12.7. The molecule has 0 spiro atoms. The lowest BCUT2D eigenvalue weighted by atomic mass is 10.2. The van der Waals surface area contributed by atoms with Gasteiger partial charge in [-0.15, -0.1) is 0 Å². The van der Waals surface area contributed by atoms with Gasteiger partial charge in [-0.3, -0.25) is 4.79 Å². The fourth-order valence-electron chi connectivity index (χ4n) is 1.60. The summed E-state index contributed by atoms with van der Waals surface area (Å²) in [6.07, 6.45) is 0. The predicted octanol–water partition coefficient (Wildman–Crippen LogP) is 4.47. The Morgan fingerprint density at radius 2 is 1.89 bits per heavy atom. The standard InChI is InChI=1S/C14H11Br2NO2/c1-19-13-8-9(15)6-7-10(13)14(18)17-12-5-3-2-4-11(12)16/h2-8H,1H3,(H,17,18). The zero-order chi connectivity index (χ0) is 13.8. The first-order chi connectivity index (χ1) is 9.11. The van der Waals surface area contributed by atoms with Gasteiger partial charge in [0, 0.05) is 8.95 Å². The van der Waals surface area contributed by atoms with E-state index >= 15 is 0 Å². The first-order valence-corrected chi connectivity index (χ1v) is 7.10. The fraction of sp³-hybridized carbons (Fsp3) is 0.0714. The van der Waals surface area contributed by atoms with Gasteiger partial charge in [0.15, 0.2) is 0 Å². The summed E-state index contributed by atoms with van der Waals surface area (Å²) in [5.41, 5.74) is 1.21. The summed E-state index contributed by atoms with van der Waals surface area (Å²) < 4.78 is 6.91. The first kappa shape index (κ1) is 14.1. The van der Waals surface area contributed by atoms with Crippen LogP contribution in [0.25, 0.3) is 0 Å². The smallest absolute Gasteiger partial charge is 0.259 e. The van der Waals surface area contributed by atoms with Crippen molar-refractivity contribution < 1.29 is 9.53 Å². The second-order valence-electron chi connectivity index (χ2n) is 3.78. The number of anilines is 1. The molecule has 5 heteroatoms. The molecule has 1 N–H and O–H groups in total. The van der Waals surface area contributed by atoms with E-state index in [0.717, 1.165) is 14.6 Å². The average molecular weight is 385 g/mol.